The van der Waals surface area contributed by atoms with Crippen molar-refractivity contribution >= 4 is 7.60 Å². The van der Waals surface area contributed by atoms with Crippen molar-refractivity contribution in [1.29, 1.82) is 0 Å². The van der Waals surface area contributed by atoms with Gasteiger partial charge in [0.15, 0.2) is 0 Å². The van der Waals surface area contributed by atoms with E-state index in [9.17, 15) is 23.9 Å². The number of aryl methyl sites for hydroxylation is 1. The molecule has 4 atom stereocenters. The summed E-state index contributed by atoms with van der Waals surface area (Å²) in [5.74, 6) is -0.354. The number of H-pyrrole nitrogens is 1. The molecular formula is C16H27N2O6P. The topological polar surface area (TPSA) is 122 Å². The molecule has 1 aliphatic rings. The highest BCUT2D eigenvalue weighted by atomic mass is 31.2. The van der Waals surface area contributed by atoms with Gasteiger partial charge in [-0.1, -0.05) is 27.7 Å². The molecule has 2 heterocycles. The molecule has 8 nitrogen and oxygen atoms in total. The number of hydrogen-bond donors (Lipinski definition) is 3. The van der Waals surface area contributed by atoms with Crippen LogP contribution in [0.25, 0.3) is 0 Å². The highest BCUT2D eigenvalue weighted by Crippen LogP contribution is 2.48. The fourth-order valence-electron chi connectivity index (χ4n) is 3.52. The maximum Gasteiger partial charge on any atom is 0.330 e. The zero-order valence-corrected chi connectivity index (χ0v) is 16.1. The molecule has 1 unspecified atom stereocenters. The van der Waals surface area contributed by atoms with Crippen molar-refractivity contribution in [2.45, 2.75) is 53.4 Å². The molecule has 0 amide bonds. The molecule has 1 aromatic heterocycles. The molecule has 0 spiro atoms. The van der Waals surface area contributed by atoms with Crippen LogP contribution in [0.15, 0.2) is 15.8 Å². The van der Waals surface area contributed by atoms with Crippen molar-refractivity contribution in [1.82, 2.24) is 9.55 Å². The van der Waals surface area contributed by atoms with Crippen molar-refractivity contribution in [3.63, 3.8) is 0 Å². The number of nitrogens with one attached hydrogen (secondary N) is 1. The minimum atomic E-state index is -4.16. The standard InChI is InChI=1S/C16H27N2O6P/c1-9-7-18(15(20)17-14(9)19)12-6-11(16(3,4)5)13(24-12)10(2)8-25(21,22)23/h7,10-13H,6,8H2,1-5H3,(H,17,19,20)(H2,21,22,23)/t10-,11+,12+,13?/m0/s1. The number of aromatic nitrogens is 2. The Labute approximate surface area is 146 Å². The van der Waals surface area contributed by atoms with Gasteiger partial charge in [0.2, 0.25) is 0 Å². The SMILES string of the molecule is Cc1cn([C@H]2C[C@@H](C(C)(C)C)C([C@@H](C)CP(=O)(O)O)O2)c(=O)[nH]c1=O. The Morgan fingerprint density at radius 2 is 2.00 bits per heavy atom. The first-order valence-electron chi connectivity index (χ1n) is 8.31. The lowest BCUT2D eigenvalue weighted by molar-refractivity contribution is -0.0391. The number of nitrogens with zero attached hydrogens (tertiary/aromatic N) is 1. The first-order valence-corrected chi connectivity index (χ1v) is 10.1. The number of hydrogen-bond acceptors (Lipinski definition) is 4. The minimum Gasteiger partial charge on any atom is -0.354 e. The number of ether oxygens (including phenoxy) is 1. The summed E-state index contributed by atoms with van der Waals surface area (Å²) in [6.07, 6.45) is 0.775. The zero-order chi connectivity index (χ0) is 19.2. The van der Waals surface area contributed by atoms with E-state index >= 15 is 0 Å². The molecule has 0 bridgehead atoms. The minimum absolute atomic E-state index is 0.0122. The molecule has 25 heavy (non-hydrogen) atoms. The number of aromatic amines is 1. The first-order chi connectivity index (χ1) is 11.3. The molecule has 1 saturated heterocycles. The molecule has 0 aliphatic carbocycles. The second-order valence-corrected chi connectivity index (χ2v) is 9.76. The van der Waals surface area contributed by atoms with Gasteiger partial charge in [0.25, 0.3) is 5.56 Å². The van der Waals surface area contributed by atoms with Gasteiger partial charge in [-0.3, -0.25) is 18.9 Å². The molecule has 0 saturated carbocycles. The largest absolute Gasteiger partial charge is 0.354 e. The molecular weight excluding hydrogens is 347 g/mol. The van der Waals surface area contributed by atoms with Crippen LogP contribution in [0.4, 0.5) is 0 Å². The molecule has 3 N–H and O–H groups in total. The van der Waals surface area contributed by atoms with E-state index in [1.807, 2.05) is 20.8 Å². The smallest absolute Gasteiger partial charge is 0.330 e. The molecule has 0 aromatic carbocycles. The number of rotatable bonds is 4. The first kappa shape index (κ1) is 20.1. The average Bonchev–Trinajstić information content (AvgIpc) is 2.86. The van der Waals surface area contributed by atoms with Crippen molar-refractivity contribution < 1.29 is 19.1 Å². The van der Waals surface area contributed by atoms with Gasteiger partial charge in [0.1, 0.15) is 6.23 Å². The van der Waals surface area contributed by atoms with Crippen molar-refractivity contribution in [3.8, 4) is 0 Å². The van der Waals surface area contributed by atoms with E-state index in [4.69, 9.17) is 4.74 Å². The quantitative estimate of drug-likeness (QED) is 0.689. The van der Waals surface area contributed by atoms with Gasteiger partial charge in [0, 0.05) is 11.8 Å². The van der Waals surface area contributed by atoms with Crippen LogP contribution >= 0.6 is 7.60 Å². The monoisotopic (exact) mass is 374 g/mol. The lowest BCUT2D eigenvalue weighted by Crippen LogP contribution is -2.35. The van der Waals surface area contributed by atoms with E-state index in [1.54, 1.807) is 13.8 Å². The Kier molecular flexibility index (Phi) is 5.50. The lowest BCUT2D eigenvalue weighted by Gasteiger charge is -2.33. The van der Waals surface area contributed by atoms with Crippen LogP contribution in [0.1, 0.15) is 45.9 Å². The molecule has 142 valence electrons. The van der Waals surface area contributed by atoms with Crippen LogP contribution < -0.4 is 11.2 Å². The third-order valence-corrected chi connectivity index (χ3v) is 5.87. The Morgan fingerprint density at radius 3 is 2.52 bits per heavy atom. The van der Waals surface area contributed by atoms with E-state index in [-0.39, 0.29) is 23.4 Å². The van der Waals surface area contributed by atoms with Crippen LogP contribution in [-0.2, 0) is 9.30 Å². The molecule has 1 aliphatic heterocycles. The summed E-state index contributed by atoms with van der Waals surface area (Å²) in [5, 5.41) is 0. The fourth-order valence-corrected chi connectivity index (χ4v) is 4.48. The summed E-state index contributed by atoms with van der Waals surface area (Å²) in [5.41, 5.74) is -0.736. The zero-order valence-electron chi connectivity index (χ0n) is 15.2. The second-order valence-electron chi connectivity index (χ2n) is 8.07. The maximum absolute atomic E-state index is 12.1. The van der Waals surface area contributed by atoms with Gasteiger partial charge >= 0.3 is 13.3 Å². The summed E-state index contributed by atoms with van der Waals surface area (Å²) in [7, 11) is -4.16. The van der Waals surface area contributed by atoms with Crippen LogP contribution in [0.2, 0.25) is 0 Å². The Bertz CT molecular complexity index is 787. The van der Waals surface area contributed by atoms with E-state index in [1.165, 1.54) is 10.8 Å². The van der Waals surface area contributed by atoms with E-state index in [0.717, 1.165) is 0 Å². The summed E-state index contributed by atoms with van der Waals surface area (Å²) in [6, 6.07) is 0. The molecule has 9 heteroatoms. The van der Waals surface area contributed by atoms with E-state index in [0.29, 0.717) is 12.0 Å². The van der Waals surface area contributed by atoms with Crippen molar-refractivity contribution in [3.05, 3.63) is 32.6 Å². The molecule has 1 fully saturated rings. The predicted octanol–water partition coefficient (Wildman–Crippen LogP) is 1.61. The van der Waals surface area contributed by atoms with E-state index in [2.05, 4.69) is 4.98 Å². The van der Waals surface area contributed by atoms with E-state index < -0.39 is 31.2 Å². The summed E-state index contributed by atoms with van der Waals surface area (Å²) < 4.78 is 18.8. The summed E-state index contributed by atoms with van der Waals surface area (Å²) in [6.45, 7) is 9.50. The highest BCUT2D eigenvalue weighted by molar-refractivity contribution is 7.51. The fraction of sp³-hybridized carbons (Fsp3) is 0.750. The van der Waals surface area contributed by atoms with Crippen molar-refractivity contribution in [2.75, 3.05) is 6.16 Å². The van der Waals surface area contributed by atoms with Crippen LogP contribution in [-0.4, -0.2) is 31.6 Å². The Balaban J connectivity index is 2.36. The Hall–Kier alpha value is -1.21. The van der Waals surface area contributed by atoms with Gasteiger partial charge in [-0.05, 0) is 30.6 Å². The third-order valence-electron chi connectivity index (χ3n) is 4.82. The molecule has 0 radical (unpaired) electrons. The molecule has 2 rings (SSSR count). The van der Waals surface area contributed by atoms with Gasteiger partial charge in [-0.2, -0.15) is 0 Å². The van der Waals surface area contributed by atoms with Gasteiger partial charge in [0.05, 0.1) is 12.3 Å². The lowest BCUT2D eigenvalue weighted by atomic mass is 9.74. The highest BCUT2D eigenvalue weighted by Gasteiger charge is 2.46. The molecule has 1 aromatic rings. The second kappa shape index (κ2) is 6.83. The van der Waals surface area contributed by atoms with Gasteiger partial charge < -0.3 is 14.5 Å². The van der Waals surface area contributed by atoms with Crippen LogP contribution in [0.3, 0.4) is 0 Å². The van der Waals surface area contributed by atoms with Crippen LogP contribution in [0, 0.1) is 24.2 Å². The summed E-state index contributed by atoms with van der Waals surface area (Å²) >= 11 is 0. The van der Waals surface area contributed by atoms with Crippen LogP contribution in [0.5, 0.6) is 0 Å². The summed E-state index contributed by atoms with van der Waals surface area (Å²) in [4.78, 5) is 44.6. The van der Waals surface area contributed by atoms with Crippen molar-refractivity contribution in [2.24, 2.45) is 17.3 Å². The average molecular weight is 374 g/mol. The normalized spacial score (nSPS) is 26.0. The maximum atomic E-state index is 12.1. The van der Waals surface area contributed by atoms with Gasteiger partial charge in [-0.25, -0.2) is 4.79 Å². The van der Waals surface area contributed by atoms with Gasteiger partial charge in [-0.15, -0.1) is 0 Å². The predicted molar refractivity (Wildman–Crippen MR) is 93.6 cm³/mol. The Morgan fingerprint density at radius 1 is 1.40 bits per heavy atom. The third kappa shape index (κ3) is 4.70.